The molecule has 1 fully saturated rings. The Kier molecular flexibility index (Phi) is 3.74. The first-order chi connectivity index (χ1) is 10.1. The van der Waals surface area contributed by atoms with Crippen molar-refractivity contribution in [2.75, 3.05) is 18.4 Å². The minimum absolute atomic E-state index is 0.113. The molecule has 1 saturated heterocycles. The number of likely N-dealkylation sites (tertiary alicyclic amines) is 1. The Bertz CT molecular complexity index is 674. The monoisotopic (exact) mass is 307 g/mol. The van der Waals surface area contributed by atoms with Crippen molar-refractivity contribution in [3.63, 3.8) is 0 Å². The normalized spacial score (nSPS) is 18.7. The lowest BCUT2D eigenvalue weighted by molar-refractivity contribution is 0.190. The molecule has 2 aromatic heterocycles. The first-order valence-electron chi connectivity index (χ1n) is 6.81. The number of rotatable bonds is 2. The number of urea groups is 1. The zero-order valence-electron chi connectivity index (χ0n) is 11.7. The van der Waals surface area contributed by atoms with Gasteiger partial charge in [-0.15, -0.1) is 0 Å². The van der Waals surface area contributed by atoms with Gasteiger partial charge in [-0.25, -0.2) is 4.79 Å². The van der Waals surface area contributed by atoms with E-state index in [1.807, 2.05) is 11.6 Å². The molecule has 2 aromatic rings. The summed E-state index contributed by atoms with van der Waals surface area (Å²) >= 11 is 5.14. The van der Waals surface area contributed by atoms with E-state index in [9.17, 15) is 4.79 Å². The highest BCUT2D eigenvalue weighted by Gasteiger charge is 2.27. The van der Waals surface area contributed by atoms with Crippen molar-refractivity contribution in [3.05, 3.63) is 23.0 Å². The molecule has 2 amide bonds. The molecule has 0 saturated carbocycles. The summed E-state index contributed by atoms with van der Waals surface area (Å²) in [6, 6.07) is -0.113. The summed E-state index contributed by atoms with van der Waals surface area (Å²) in [5, 5.41) is 16.4. The number of nitrogens with zero attached hydrogens (tertiary/aromatic N) is 4. The van der Waals surface area contributed by atoms with Crippen molar-refractivity contribution >= 4 is 23.9 Å². The number of anilines is 1. The van der Waals surface area contributed by atoms with Crippen LogP contribution in [0.4, 0.5) is 10.5 Å². The van der Waals surface area contributed by atoms with Gasteiger partial charge in [0.15, 0.2) is 4.77 Å². The second-order valence-corrected chi connectivity index (χ2v) is 5.53. The predicted molar refractivity (Wildman–Crippen MR) is 79.5 cm³/mol. The number of amides is 2. The van der Waals surface area contributed by atoms with E-state index in [1.165, 1.54) is 0 Å². The summed E-state index contributed by atoms with van der Waals surface area (Å²) < 4.78 is 2.47. The lowest BCUT2D eigenvalue weighted by Crippen LogP contribution is -2.42. The van der Waals surface area contributed by atoms with Gasteiger partial charge < -0.3 is 14.8 Å². The fourth-order valence-corrected chi connectivity index (χ4v) is 2.76. The fraction of sp³-hybridized carbons (Fsp3) is 0.500. The Hall–Kier alpha value is -2.16. The van der Waals surface area contributed by atoms with E-state index in [0.29, 0.717) is 17.0 Å². The molecule has 0 bridgehead atoms. The van der Waals surface area contributed by atoms with Crippen molar-refractivity contribution in [1.29, 1.82) is 0 Å². The molecule has 3 N–H and O–H groups in total. The molecule has 1 unspecified atom stereocenters. The summed E-state index contributed by atoms with van der Waals surface area (Å²) in [6.07, 6.45) is 5.18. The van der Waals surface area contributed by atoms with E-state index < -0.39 is 0 Å². The SMILES string of the molecule is Cn1c(C2CCCN(C(=O)Nc3cn[nH]c3)C2)n[nH]c1=S. The van der Waals surface area contributed by atoms with E-state index in [4.69, 9.17) is 12.2 Å². The van der Waals surface area contributed by atoms with Crippen molar-refractivity contribution in [1.82, 2.24) is 29.9 Å². The smallest absolute Gasteiger partial charge is 0.321 e. The molecule has 9 heteroatoms. The molecule has 3 heterocycles. The minimum atomic E-state index is -0.113. The quantitative estimate of drug-likeness (QED) is 0.735. The predicted octanol–water partition coefficient (Wildman–Crippen LogP) is 1.61. The Morgan fingerprint density at radius 2 is 2.43 bits per heavy atom. The van der Waals surface area contributed by atoms with Gasteiger partial charge in [-0.1, -0.05) is 0 Å². The number of aromatic amines is 2. The van der Waals surface area contributed by atoms with Gasteiger partial charge in [0.2, 0.25) is 0 Å². The average molecular weight is 307 g/mol. The highest BCUT2D eigenvalue weighted by molar-refractivity contribution is 7.71. The molecular formula is C12H17N7OS. The Morgan fingerprint density at radius 3 is 3.10 bits per heavy atom. The third-order valence-corrected chi connectivity index (χ3v) is 4.10. The summed E-state index contributed by atoms with van der Waals surface area (Å²) in [7, 11) is 1.89. The standard InChI is InChI=1S/C12H17N7OS/c1-18-10(16-17-12(18)21)8-3-2-4-19(7-8)11(20)15-9-5-13-14-6-9/h5-6,8H,2-4,7H2,1H3,(H,13,14)(H,15,20)(H,17,21). The molecule has 0 spiro atoms. The number of carbonyl (C=O) groups excluding carboxylic acids is 1. The zero-order valence-corrected chi connectivity index (χ0v) is 12.5. The number of H-pyrrole nitrogens is 2. The van der Waals surface area contributed by atoms with Crippen LogP contribution in [-0.4, -0.2) is 49.0 Å². The van der Waals surface area contributed by atoms with E-state index >= 15 is 0 Å². The highest BCUT2D eigenvalue weighted by atomic mass is 32.1. The van der Waals surface area contributed by atoms with Gasteiger partial charge in [0, 0.05) is 32.3 Å². The van der Waals surface area contributed by atoms with Crippen molar-refractivity contribution in [2.45, 2.75) is 18.8 Å². The topological polar surface area (TPSA) is 94.6 Å². The van der Waals surface area contributed by atoms with Crippen LogP contribution in [0.25, 0.3) is 0 Å². The maximum Gasteiger partial charge on any atom is 0.321 e. The van der Waals surface area contributed by atoms with E-state index in [-0.39, 0.29) is 11.9 Å². The lowest BCUT2D eigenvalue weighted by atomic mass is 9.97. The molecule has 1 atom stereocenters. The number of aromatic nitrogens is 5. The average Bonchev–Trinajstić information content (AvgIpc) is 3.11. The van der Waals surface area contributed by atoms with Crippen LogP contribution >= 0.6 is 12.2 Å². The largest absolute Gasteiger partial charge is 0.324 e. The number of piperidine rings is 1. The van der Waals surface area contributed by atoms with Gasteiger partial charge in [-0.3, -0.25) is 10.2 Å². The van der Waals surface area contributed by atoms with Crippen LogP contribution in [0, 0.1) is 4.77 Å². The van der Waals surface area contributed by atoms with Gasteiger partial charge in [0.05, 0.1) is 11.9 Å². The number of hydrogen-bond acceptors (Lipinski definition) is 4. The second kappa shape index (κ2) is 5.68. The number of hydrogen-bond donors (Lipinski definition) is 3. The van der Waals surface area contributed by atoms with Gasteiger partial charge in [-0.2, -0.15) is 10.2 Å². The van der Waals surface area contributed by atoms with E-state index in [0.717, 1.165) is 25.2 Å². The number of carbonyl (C=O) groups is 1. The Balaban J connectivity index is 1.69. The molecule has 0 radical (unpaired) electrons. The molecule has 21 heavy (non-hydrogen) atoms. The van der Waals surface area contributed by atoms with Gasteiger partial charge in [-0.05, 0) is 25.1 Å². The van der Waals surface area contributed by atoms with Crippen LogP contribution in [-0.2, 0) is 7.05 Å². The van der Waals surface area contributed by atoms with E-state index in [2.05, 4.69) is 25.7 Å². The zero-order chi connectivity index (χ0) is 14.8. The summed E-state index contributed by atoms with van der Waals surface area (Å²) in [5.41, 5.74) is 0.667. The molecule has 8 nitrogen and oxygen atoms in total. The molecule has 0 aliphatic carbocycles. The first-order valence-corrected chi connectivity index (χ1v) is 7.22. The molecule has 3 rings (SSSR count). The number of nitrogens with one attached hydrogen (secondary N) is 3. The van der Waals surface area contributed by atoms with Crippen molar-refractivity contribution < 1.29 is 4.79 Å². The van der Waals surface area contributed by atoms with Gasteiger partial charge in [0.25, 0.3) is 0 Å². The third-order valence-electron chi connectivity index (χ3n) is 3.74. The van der Waals surface area contributed by atoms with Crippen LogP contribution < -0.4 is 5.32 Å². The molecular weight excluding hydrogens is 290 g/mol. The van der Waals surface area contributed by atoms with Gasteiger partial charge in [0.1, 0.15) is 5.82 Å². The van der Waals surface area contributed by atoms with Crippen LogP contribution in [0.3, 0.4) is 0 Å². The summed E-state index contributed by atoms with van der Waals surface area (Å²) in [6.45, 7) is 1.38. The van der Waals surface area contributed by atoms with Gasteiger partial charge >= 0.3 is 6.03 Å². The lowest BCUT2D eigenvalue weighted by Gasteiger charge is -2.32. The summed E-state index contributed by atoms with van der Waals surface area (Å²) in [4.78, 5) is 14.1. The van der Waals surface area contributed by atoms with Crippen LogP contribution in [0.15, 0.2) is 12.4 Å². The minimum Gasteiger partial charge on any atom is -0.324 e. The third kappa shape index (κ3) is 2.82. The molecule has 1 aliphatic rings. The van der Waals surface area contributed by atoms with Crippen LogP contribution in [0.1, 0.15) is 24.6 Å². The fourth-order valence-electron chi connectivity index (χ4n) is 2.62. The molecule has 112 valence electrons. The maximum absolute atomic E-state index is 12.3. The Morgan fingerprint density at radius 1 is 1.57 bits per heavy atom. The first kappa shape index (κ1) is 13.8. The maximum atomic E-state index is 12.3. The summed E-state index contributed by atoms with van der Waals surface area (Å²) in [5.74, 6) is 1.10. The van der Waals surface area contributed by atoms with Crippen molar-refractivity contribution in [2.24, 2.45) is 7.05 Å². The second-order valence-electron chi connectivity index (χ2n) is 5.15. The van der Waals surface area contributed by atoms with Crippen LogP contribution in [0.5, 0.6) is 0 Å². The molecule has 1 aliphatic heterocycles. The van der Waals surface area contributed by atoms with Crippen LogP contribution in [0.2, 0.25) is 0 Å². The van der Waals surface area contributed by atoms with Crippen molar-refractivity contribution in [3.8, 4) is 0 Å². The Labute approximate surface area is 126 Å². The molecule has 0 aromatic carbocycles. The van der Waals surface area contributed by atoms with E-state index in [1.54, 1.807) is 17.3 Å². The highest BCUT2D eigenvalue weighted by Crippen LogP contribution is 2.25.